The van der Waals surface area contributed by atoms with E-state index in [2.05, 4.69) is 25.9 Å². The average Bonchev–Trinajstić information content (AvgIpc) is 2.92. The van der Waals surface area contributed by atoms with E-state index in [1.165, 1.54) is 19.2 Å². The summed E-state index contributed by atoms with van der Waals surface area (Å²) in [5, 5.41) is 0. The van der Waals surface area contributed by atoms with Gasteiger partial charge in [0.25, 0.3) is 5.56 Å². The van der Waals surface area contributed by atoms with Crippen molar-refractivity contribution in [3.8, 4) is 11.4 Å². The number of fused-ring (bicyclic) bond motifs is 1. The van der Waals surface area contributed by atoms with Gasteiger partial charge in [-0.15, -0.1) is 0 Å². The summed E-state index contributed by atoms with van der Waals surface area (Å²) in [6.07, 6.45) is -3.36. The van der Waals surface area contributed by atoms with Crippen molar-refractivity contribution in [1.82, 2.24) is 19.2 Å². The minimum atomic E-state index is -4.68. The minimum Gasteiger partial charge on any atom is -0.275 e. The zero-order valence-electron chi connectivity index (χ0n) is 14.0. The van der Waals surface area contributed by atoms with Crippen molar-refractivity contribution in [2.45, 2.75) is 18.0 Å². The van der Waals surface area contributed by atoms with Gasteiger partial charge in [-0.1, -0.05) is 6.92 Å². The molecule has 0 fully saturated rings. The Kier molecular flexibility index (Phi) is 4.67. The average molecular weight is 465 g/mol. The zero-order chi connectivity index (χ0) is 20.1. The first-order valence-electron chi connectivity index (χ1n) is 7.51. The summed E-state index contributed by atoms with van der Waals surface area (Å²) in [5.41, 5.74) is -2.35. The molecule has 3 rings (SSSR count). The van der Waals surface area contributed by atoms with Gasteiger partial charge in [-0.25, -0.2) is 13.4 Å². The molecule has 0 radical (unpaired) electrons. The fourth-order valence-electron chi connectivity index (χ4n) is 2.60. The highest BCUT2D eigenvalue weighted by molar-refractivity contribution is 9.10. The fourth-order valence-corrected chi connectivity index (χ4v) is 4.16. The molecule has 144 valence electrons. The molecule has 0 unspecified atom stereocenters. The topological polar surface area (TPSA) is 86.3 Å². The minimum absolute atomic E-state index is 0.0999. The Labute approximate surface area is 159 Å². The number of hydrogen-bond donors (Lipinski definition) is 0. The maximum atomic E-state index is 13.1. The Hall–Kier alpha value is -2.21. The third-order valence-electron chi connectivity index (χ3n) is 3.90. The molecule has 0 N–H and O–H groups in total. The number of rotatable bonds is 3. The second-order valence-electron chi connectivity index (χ2n) is 5.60. The van der Waals surface area contributed by atoms with Gasteiger partial charge < -0.3 is 0 Å². The third kappa shape index (κ3) is 3.38. The Morgan fingerprint density at radius 3 is 2.48 bits per heavy atom. The van der Waals surface area contributed by atoms with E-state index in [1.54, 1.807) is 0 Å². The first-order chi connectivity index (χ1) is 12.5. The predicted molar refractivity (Wildman–Crippen MR) is 94.1 cm³/mol. The molecule has 3 heterocycles. The number of halogens is 4. The van der Waals surface area contributed by atoms with Gasteiger partial charge in [-0.3, -0.25) is 14.5 Å². The molecule has 0 saturated heterocycles. The van der Waals surface area contributed by atoms with Crippen LogP contribution in [0, 0.1) is 0 Å². The van der Waals surface area contributed by atoms with Crippen LogP contribution in [0.15, 0.2) is 38.6 Å². The highest BCUT2D eigenvalue weighted by Crippen LogP contribution is 2.31. The van der Waals surface area contributed by atoms with E-state index in [9.17, 15) is 26.4 Å². The van der Waals surface area contributed by atoms with E-state index < -0.39 is 27.3 Å². The van der Waals surface area contributed by atoms with Gasteiger partial charge in [0.05, 0.1) is 16.3 Å². The molecule has 0 aliphatic rings. The van der Waals surface area contributed by atoms with Gasteiger partial charge in [0.15, 0.2) is 15.5 Å². The normalized spacial score (nSPS) is 12.7. The van der Waals surface area contributed by atoms with E-state index in [1.807, 2.05) is 0 Å². The molecular weight excluding hydrogens is 453 g/mol. The highest BCUT2D eigenvalue weighted by Gasteiger charge is 2.35. The molecule has 12 heteroatoms. The maximum Gasteiger partial charge on any atom is 0.433 e. The summed E-state index contributed by atoms with van der Waals surface area (Å²) in [6.45, 7) is 1.44. The maximum absolute atomic E-state index is 13.1. The van der Waals surface area contributed by atoms with Crippen molar-refractivity contribution < 1.29 is 21.6 Å². The summed E-state index contributed by atoms with van der Waals surface area (Å²) in [7, 11) is -2.63. The van der Waals surface area contributed by atoms with Crippen LogP contribution in [0.4, 0.5) is 13.2 Å². The molecule has 7 nitrogen and oxygen atoms in total. The van der Waals surface area contributed by atoms with Crippen molar-refractivity contribution in [3.05, 3.63) is 44.9 Å². The summed E-state index contributed by atoms with van der Waals surface area (Å²) in [6, 6.07) is 2.99. The van der Waals surface area contributed by atoms with E-state index in [0.717, 1.165) is 23.7 Å². The molecule has 27 heavy (non-hydrogen) atoms. The van der Waals surface area contributed by atoms with Gasteiger partial charge in [0.1, 0.15) is 11.4 Å². The van der Waals surface area contributed by atoms with Gasteiger partial charge >= 0.3 is 6.18 Å². The molecule has 0 aliphatic carbocycles. The van der Waals surface area contributed by atoms with Crippen LogP contribution in [0.1, 0.15) is 12.6 Å². The van der Waals surface area contributed by atoms with Crippen LogP contribution in [0.2, 0.25) is 0 Å². The van der Waals surface area contributed by atoms with Crippen LogP contribution >= 0.6 is 15.9 Å². The monoisotopic (exact) mass is 464 g/mol. The lowest BCUT2D eigenvalue weighted by Crippen LogP contribution is -2.22. The third-order valence-corrected chi connectivity index (χ3v) is 6.08. The lowest BCUT2D eigenvalue weighted by Gasteiger charge is -2.09. The van der Waals surface area contributed by atoms with Crippen LogP contribution in [-0.2, 0) is 23.1 Å². The number of alkyl halides is 3. The number of hydrogen-bond acceptors (Lipinski definition) is 5. The van der Waals surface area contributed by atoms with Crippen LogP contribution in [-0.4, -0.2) is 33.3 Å². The van der Waals surface area contributed by atoms with Gasteiger partial charge in [-0.2, -0.15) is 17.7 Å². The summed E-state index contributed by atoms with van der Waals surface area (Å²) < 4.78 is 65.8. The van der Waals surface area contributed by atoms with E-state index >= 15 is 0 Å². The number of sulfone groups is 1. The van der Waals surface area contributed by atoms with Crippen LogP contribution in [0.25, 0.3) is 17.0 Å². The number of aromatic nitrogens is 4. The smallest absolute Gasteiger partial charge is 0.275 e. The van der Waals surface area contributed by atoms with Crippen molar-refractivity contribution in [2.24, 2.45) is 7.05 Å². The Morgan fingerprint density at radius 1 is 1.22 bits per heavy atom. The van der Waals surface area contributed by atoms with Crippen molar-refractivity contribution in [1.29, 1.82) is 0 Å². The zero-order valence-corrected chi connectivity index (χ0v) is 16.4. The van der Waals surface area contributed by atoms with E-state index in [0.29, 0.717) is 9.15 Å². The first-order valence-corrected chi connectivity index (χ1v) is 9.96. The standard InChI is InChI=1S/C15H12BrF3N4O3S/c1-3-27(25,26)10-4-8(16)7-20-14(10)9-5-13(24)23-12(21-9)6-11(22(23)2)15(17,18)19/h4-7H,3H2,1-2H3. The molecule has 0 amide bonds. The Bertz CT molecular complexity index is 1220. The Balaban J connectivity index is 2.34. The summed E-state index contributed by atoms with van der Waals surface area (Å²) >= 11 is 3.14. The molecular formula is C15H12BrF3N4O3S. The van der Waals surface area contributed by atoms with Crippen LogP contribution < -0.4 is 5.56 Å². The quantitative estimate of drug-likeness (QED) is 0.594. The highest BCUT2D eigenvalue weighted by atomic mass is 79.9. The fraction of sp³-hybridized carbons (Fsp3) is 0.267. The predicted octanol–water partition coefficient (Wildman–Crippen LogP) is 2.67. The van der Waals surface area contributed by atoms with Crippen molar-refractivity contribution in [3.63, 3.8) is 0 Å². The summed E-state index contributed by atoms with van der Waals surface area (Å²) in [5.74, 6) is -0.219. The number of pyridine rings is 1. The molecule has 3 aromatic rings. The number of nitrogens with zero attached hydrogens (tertiary/aromatic N) is 4. The van der Waals surface area contributed by atoms with Crippen LogP contribution in [0.3, 0.4) is 0 Å². The lowest BCUT2D eigenvalue weighted by molar-refractivity contribution is -0.143. The SMILES string of the molecule is CCS(=O)(=O)c1cc(Br)cnc1-c1cc(=O)n2c(cc(C(F)(F)F)n2C)n1. The Morgan fingerprint density at radius 2 is 1.89 bits per heavy atom. The van der Waals surface area contributed by atoms with Gasteiger partial charge in [0, 0.05) is 29.8 Å². The lowest BCUT2D eigenvalue weighted by atomic mass is 10.2. The van der Waals surface area contributed by atoms with E-state index in [4.69, 9.17) is 0 Å². The second kappa shape index (κ2) is 6.44. The molecule has 0 saturated carbocycles. The first kappa shape index (κ1) is 19.5. The molecule has 0 atom stereocenters. The molecule has 0 bridgehead atoms. The summed E-state index contributed by atoms with van der Waals surface area (Å²) in [4.78, 5) is 20.3. The molecule has 0 aliphatic heterocycles. The van der Waals surface area contributed by atoms with Gasteiger partial charge in [-0.05, 0) is 22.0 Å². The largest absolute Gasteiger partial charge is 0.433 e. The van der Waals surface area contributed by atoms with Gasteiger partial charge in [0.2, 0.25) is 0 Å². The molecule has 3 aromatic heterocycles. The second-order valence-corrected chi connectivity index (χ2v) is 8.77. The number of aryl methyl sites for hydroxylation is 1. The molecule has 0 spiro atoms. The molecule has 0 aromatic carbocycles. The van der Waals surface area contributed by atoms with Crippen molar-refractivity contribution in [2.75, 3.05) is 5.75 Å². The van der Waals surface area contributed by atoms with Crippen LogP contribution in [0.5, 0.6) is 0 Å². The van der Waals surface area contributed by atoms with E-state index in [-0.39, 0.29) is 27.7 Å². The van der Waals surface area contributed by atoms with Crippen molar-refractivity contribution >= 4 is 31.4 Å².